The summed E-state index contributed by atoms with van der Waals surface area (Å²) < 4.78 is 2.12. The molecule has 6 heteroatoms. The van der Waals surface area contributed by atoms with Crippen LogP contribution in [-0.4, -0.2) is 33.3 Å². The van der Waals surface area contributed by atoms with Crippen LogP contribution in [0, 0.1) is 32.1 Å². The molecule has 0 saturated heterocycles. The standard InChI is InChI=1S/C15H20N6/c1-11-12(2)18-19-15(14(11)10-16)20(4)7-5-8-21-9-6-17-13(21)3/h6,9H,5,7-8H2,1-4H3. The van der Waals surface area contributed by atoms with Gasteiger partial charge in [0.15, 0.2) is 5.82 Å². The molecule has 6 nitrogen and oxygen atoms in total. The smallest absolute Gasteiger partial charge is 0.169 e. The second-order valence-electron chi connectivity index (χ2n) is 5.16. The molecule has 0 N–H and O–H groups in total. The SMILES string of the molecule is Cc1nnc(N(C)CCCn2ccnc2C)c(C#N)c1C. The number of imidazole rings is 1. The van der Waals surface area contributed by atoms with Gasteiger partial charge in [-0.25, -0.2) is 4.98 Å². The van der Waals surface area contributed by atoms with E-state index in [0.29, 0.717) is 11.4 Å². The highest BCUT2D eigenvalue weighted by Crippen LogP contribution is 2.20. The molecule has 110 valence electrons. The third kappa shape index (κ3) is 3.19. The van der Waals surface area contributed by atoms with E-state index in [2.05, 4.69) is 25.8 Å². The first-order valence-electron chi connectivity index (χ1n) is 6.97. The maximum atomic E-state index is 9.33. The lowest BCUT2D eigenvalue weighted by Crippen LogP contribution is -2.23. The number of rotatable bonds is 5. The Morgan fingerprint density at radius 2 is 2.05 bits per heavy atom. The van der Waals surface area contributed by atoms with E-state index in [4.69, 9.17) is 0 Å². The van der Waals surface area contributed by atoms with Gasteiger partial charge in [-0.3, -0.25) is 0 Å². The number of nitrogens with zero attached hydrogens (tertiary/aromatic N) is 6. The fraction of sp³-hybridized carbons (Fsp3) is 0.467. The molecule has 0 radical (unpaired) electrons. The van der Waals surface area contributed by atoms with Crippen LogP contribution >= 0.6 is 0 Å². The van der Waals surface area contributed by atoms with Crippen LogP contribution in [0.25, 0.3) is 0 Å². The Labute approximate surface area is 125 Å². The van der Waals surface area contributed by atoms with Gasteiger partial charge in [-0.15, -0.1) is 5.10 Å². The summed E-state index contributed by atoms with van der Waals surface area (Å²) in [6.07, 6.45) is 4.74. The highest BCUT2D eigenvalue weighted by Gasteiger charge is 2.14. The number of hydrogen-bond acceptors (Lipinski definition) is 5. The third-order valence-corrected chi connectivity index (χ3v) is 3.73. The van der Waals surface area contributed by atoms with Crippen LogP contribution in [0.1, 0.15) is 29.1 Å². The van der Waals surface area contributed by atoms with Crippen LogP contribution < -0.4 is 4.90 Å². The average molecular weight is 284 g/mol. The van der Waals surface area contributed by atoms with Gasteiger partial charge < -0.3 is 9.47 Å². The molecule has 0 atom stereocenters. The Balaban J connectivity index is 2.04. The molecule has 21 heavy (non-hydrogen) atoms. The minimum atomic E-state index is 0.615. The van der Waals surface area contributed by atoms with Gasteiger partial charge in [0.1, 0.15) is 17.5 Å². The molecule has 2 heterocycles. The van der Waals surface area contributed by atoms with Crippen molar-refractivity contribution in [3.05, 3.63) is 35.0 Å². The Morgan fingerprint density at radius 1 is 1.29 bits per heavy atom. The summed E-state index contributed by atoms with van der Waals surface area (Å²) in [6.45, 7) is 7.48. The van der Waals surface area contributed by atoms with Crippen LogP contribution in [0.4, 0.5) is 5.82 Å². The van der Waals surface area contributed by atoms with Gasteiger partial charge in [0.25, 0.3) is 0 Å². The lowest BCUT2D eigenvalue weighted by molar-refractivity contribution is 0.619. The first-order valence-corrected chi connectivity index (χ1v) is 6.97. The predicted molar refractivity (Wildman–Crippen MR) is 81.1 cm³/mol. The lowest BCUT2D eigenvalue weighted by atomic mass is 10.1. The van der Waals surface area contributed by atoms with Crippen molar-refractivity contribution in [1.29, 1.82) is 5.26 Å². The highest BCUT2D eigenvalue weighted by molar-refractivity contribution is 5.57. The van der Waals surface area contributed by atoms with Crippen LogP contribution in [0.15, 0.2) is 12.4 Å². The van der Waals surface area contributed by atoms with Crippen molar-refractivity contribution in [2.45, 2.75) is 33.7 Å². The number of aromatic nitrogens is 4. The van der Waals surface area contributed by atoms with Crippen molar-refractivity contribution in [2.24, 2.45) is 0 Å². The van der Waals surface area contributed by atoms with Gasteiger partial charge in [0, 0.05) is 32.5 Å². The van der Waals surface area contributed by atoms with Gasteiger partial charge >= 0.3 is 0 Å². The van der Waals surface area contributed by atoms with E-state index in [1.165, 1.54) is 0 Å². The molecular formula is C15H20N6. The molecule has 0 spiro atoms. The van der Waals surface area contributed by atoms with E-state index >= 15 is 0 Å². The first-order chi connectivity index (χ1) is 10.0. The number of nitriles is 1. The van der Waals surface area contributed by atoms with Crippen molar-refractivity contribution in [1.82, 2.24) is 19.7 Å². The van der Waals surface area contributed by atoms with E-state index in [0.717, 1.165) is 36.6 Å². The van der Waals surface area contributed by atoms with Crippen molar-refractivity contribution in [3.8, 4) is 6.07 Å². The van der Waals surface area contributed by atoms with Gasteiger partial charge in [0.05, 0.1) is 5.69 Å². The third-order valence-electron chi connectivity index (χ3n) is 3.73. The van der Waals surface area contributed by atoms with E-state index < -0.39 is 0 Å². The maximum absolute atomic E-state index is 9.33. The van der Waals surface area contributed by atoms with Crippen LogP contribution in [0.5, 0.6) is 0 Å². The van der Waals surface area contributed by atoms with Gasteiger partial charge in [-0.1, -0.05) is 0 Å². The molecular weight excluding hydrogens is 264 g/mol. The summed E-state index contributed by atoms with van der Waals surface area (Å²) in [5.74, 6) is 1.67. The summed E-state index contributed by atoms with van der Waals surface area (Å²) in [6, 6.07) is 2.24. The summed E-state index contributed by atoms with van der Waals surface area (Å²) >= 11 is 0. The van der Waals surface area contributed by atoms with Gasteiger partial charge in [-0.2, -0.15) is 10.4 Å². The molecule has 0 aliphatic rings. The Morgan fingerprint density at radius 3 is 2.67 bits per heavy atom. The minimum absolute atomic E-state index is 0.615. The summed E-state index contributed by atoms with van der Waals surface area (Å²) in [5, 5.41) is 17.6. The molecule has 0 aliphatic carbocycles. The topological polar surface area (TPSA) is 70.6 Å². The number of aryl methyl sites for hydroxylation is 3. The highest BCUT2D eigenvalue weighted by atomic mass is 15.2. The quantitative estimate of drug-likeness (QED) is 0.839. The fourth-order valence-electron chi connectivity index (χ4n) is 2.22. The van der Waals surface area contributed by atoms with Crippen LogP contribution in [0.2, 0.25) is 0 Å². The average Bonchev–Trinajstić information content (AvgIpc) is 2.87. The van der Waals surface area contributed by atoms with Crippen LogP contribution in [-0.2, 0) is 6.54 Å². The zero-order chi connectivity index (χ0) is 15.4. The summed E-state index contributed by atoms with van der Waals surface area (Å²) in [4.78, 5) is 6.20. The van der Waals surface area contributed by atoms with E-state index in [9.17, 15) is 5.26 Å². The fourth-order valence-corrected chi connectivity index (χ4v) is 2.22. The van der Waals surface area contributed by atoms with Crippen molar-refractivity contribution < 1.29 is 0 Å². The maximum Gasteiger partial charge on any atom is 0.169 e. The Hall–Kier alpha value is -2.42. The lowest BCUT2D eigenvalue weighted by Gasteiger charge is -2.20. The Bertz CT molecular complexity index is 667. The number of anilines is 1. The molecule has 0 aromatic carbocycles. The molecule has 0 amide bonds. The Kier molecular flexibility index (Phi) is 4.53. The molecule has 0 saturated carbocycles. The molecule has 0 unspecified atom stereocenters. The van der Waals surface area contributed by atoms with Crippen molar-refractivity contribution >= 4 is 5.82 Å². The molecule has 0 fully saturated rings. The molecule has 2 aromatic rings. The largest absolute Gasteiger partial charge is 0.357 e. The zero-order valence-corrected chi connectivity index (χ0v) is 13.0. The first kappa shape index (κ1) is 15.0. The van der Waals surface area contributed by atoms with Gasteiger partial charge in [-0.05, 0) is 32.8 Å². The van der Waals surface area contributed by atoms with Crippen molar-refractivity contribution in [2.75, 3.05) is 18.5 Å². The van der Waals surface area contributed by atoms with Gasteiger partial charge in [0.2, 0.25) is 0 Å². The predicted octanol–water partition coefficient (Wildman–Crippen LogP) is 2.00. The van der Waals surface area contributed by atoms with E-state index in [-0.39, 0.29) is 0 Å². The summed E-state index contributed by atoms with van der Waals surface area (Å²) in [7, 11) is 1.94. The molecule has 2 aromatic heterocycles. The monoisotopic (exact) mass is 284 g/mol. The molecule has 0 bridgehead atoms. The van der Waals surface area contributed by atoms with E-state index in [1.54, 1.807) is 0 Å². The second-order valence-corrected chi connectivity index (χ2v) is 5.16. The molecule has 0 aliphatic heterocycles. The van der Waals surface area contributed by atoms with Crippen molar-refractivity contribution in [3.63, 3.8) is 0 Å². The van der Waals surface area contributed by atoms with E-state index in [1.807, 2.05) is 45.1 Å². The minimum Gasteiger partial charge on any atom is -0.357 e. The molecule has 2 rings (SSSR count). The normalized spacial score (nSPS) is 10.4. The summed E-state index contributed by atoms with van der Waals surface area (Å²) in [5.41, 5.74) is 2.32. The zero-order valence-electron chi connectivity index (χ0n) is 13.0. The number of hydrogen-bond donors (Lipinski definition) is 0. The second kappa shape index (κ2) is 6.35. The van der Waals surface area contributed by atoms with Crippen LogP contribution in [0.3, 0.4) is 0 Å².